The SMILES string of the molecule is Cc1c(Cl)cccc1NC(=O)[C@H]1CC(=O)Nc2nc(N3CCOCC3)[nH]c(=O)c21. The maximum absolute atomic E-state index is 12.9. The number of rotatable bonds is 3. The quantitative estimate of drug-likeness (QED) is 0.699. The summed E-state index contributed by atoms with van der Waals surface area (Å²) in [4.78, 5) is 47.0. The summed E-state index contributed by atoms with van der Waals surface area (Å²) in [6, 6.07) is 5.15. The van der Waals surface area contributed by atoms with Crippen molar-refractivity contribution in [2.45, 2.75) is 19.3 Å². The summed E-state index contributed by atoms with van der Waals surface area (Å²) in [7, 11) is 0. The van der Waals surface area contributed by atoms with Crippen LogP contribution in [-0.4, -0.2) is 48.1 Å². The highest BCUT2D eigenvalue weighted by Gasteiger charge is 2.35. The van der Waals surface area contributed by atoms with Crippen LogP contribution < -0.4 is 21.1 Å². The lowest BCUT2D eigenvalue weighted by atomic mass is 9.92. The van der Waals surface area contributed by atoms with Gasteiger partial charge in [-0.25, -0.2) is 0 Å². The molecule has 0 spiro atoms. The first-order valence-electron chi connectivity index (χ1n) is 9.27. The molecular formula is C19H20ClN5O4. The highest BCUT2D eigenvalue weighted by molar-refractivity contribution is 6.31. The molecule has 29 heavy (non-hydrogen) atoms. The van der Waals surface area contributed by atoms with Gasteiger partial charge in [0.25, 0.3) is 5.56 Å². The molecule has 3 heterocycles. The van der Waals surface area contributed by atoms with Gasteiger partial charge in [0, 0.05) is 30.2 Å². The molecule has 0 saturated carbocycles. The molecule has 1 atom stereocenters. The van der Waals surface area contributed by atoms with E-state index in [-0.39, 0.29) is 23.7 Å². The number of nitrogens with one attached hydrogen (secondary N) is 3. The molecule has 0 unspecified atom stereocenters. The molecule has 0 aliphatic carbocycles. The number of amides is 2. The summed E-state index contributed by atoms with van der Waals surface area (Å²) < 4.78 is 5.31. The molecule has 4 rings (SSSR count). The average Bonchev–Trinajstić information content (AvgIpc) is 2.71. The van der Waals surface area contributed by atoms with E-state index in [1.165, 1.54) is 0 Å². The van der Waals surface area contributed by atoms with Crippen molar-refractivity contribution in [3.05, 3.63) is 44.7 Å². The van der Waals surface area contributed by atoms with Gasteiger partial charge < -0.3 is 20.3 Å². The molecule has 1 fully saturated rings. The summed E-state index contributed by atoms with van der Waals surface area (Å²) in [6.45, 7) is 3.98. The van der Waals surface area contributed by atoms with Gasteiger partial charge in [-0.1, -0.05) is 17.7 Å². The number of hydrogen-bond donors (Lipinski definition) is 3. The van der Waals surface area contributed by atoms with Gasteiger partial charge in [-0.15, -0.1) is 0 Å². The normalized spacial score (nSPS) is 18.8. The fourth-order valence-electron chi connectivity index (χ4n) is 3.47. The molecule has 2 aromatic rings. The van der Waals surface area contributed by atoms with Crippen LogP contribution in [-0.2, 0) is 14.3 Å². The van der Waals surface area contributed by atoms with Crippen LogP contribution in [0.1, 0.15) is 23.5 Å². The summed E-state index contributed by atoms with van der Waals surface area (Å²) >= 11 is 6.11. The zero-order valence-corrected chi connectivity index (χ0v) is 16.5. The van der Waals surface area contributed by atoms with Crippen LogP contribution in [0, 0.1) is 6.92 Å². The monoisotopic (exact) mass is 417 g/mol. The summed E-state index contributed by atoms with van der Waals surface area (Å²) in [5.74, 6) is -1.31. The van der Waals surface area contributed by atoms with Gasteiger partial charge in [0.15, 0.2) is 0 Å². The second-order valence-corrected chi connectivity index (χ2v) is 7.36. The van der Waals surface area contributed by atoms with E-state index >= 15 is 0 Å². The fourth-order valence-corrected chi connectivity index (χ4v) is 3.65. The van der Waals surface area contributed by atoms with Crippen molar-refractivity contribution >= 4 is 40.9 Å². The van der Waals surface area contributed by atoms with Crippen molar-refractivity contribution < 1.29 is 14.3 Å². The first-order chi connectivity index (χ1) is 13.9. The number of fused-ring (bicyclic) bond motifs is 1. The Hall–Kier alpha value is -2.91. The lowest BCUT2D eigenvalue weighted by molar-refractivity contribution is -0.123. The third-order valence-corrected chi connectivity index (χ3v) is 5.50. The molecule has 1 aromatic carbocycles. The van der Waals surface area contributed by atoms with Gasteiger partial charge in [0.05, 0.1) is 24.7 Å². The van der Waals surface area contributed by atoms with E-state index in [9.17, 15) is 14.4 Å². The van der Waals surface area contributed by atoms with E-state index in [0.29, 0.717) is 48.5 Å². The lowest BCUT2D eigenvalue weighted by Gasteiger charge is -2.29. The van der Waals surface area contributed by atoms with Gasteiger partial charge in [-0.05, 0) is 24.6 Å². The average molecular weight is 418 g/mol. The standard InChI is InChI=1S/C19H20ClN5O4/c1-10-12(20)3-2-4-13(10)21-17(27)11-9-14(26)22-16-15(11)18(28)24-19(23-16)25-5-7-29-8-6-25/h2-4,11H,5-9H2,1H3,(H,21,27)(H2,22,23,24,26,28)/t11-/m0/s1. The van der Waals surface area contributed by atoms with E-state index < -0.39 is 17.4 Å². The van der Waals surface area contributed by atoms with E-state index in [1.54, 1.807) is 25.1 Å². The number of H-pyrrole nitrogens is 1. The van der Waals surface area contributed by atoms with Crippen molar-refractivity contribution in [2.24, 2.45) is 0 Å². The second-order valence-electron chi connectivity index (χ2n) is 6.96. The molecular weight excluding hydrogens is 398 g/mol. The van der Waals surface area contributed by atoms with Crippen LogP contribution in [0.3, 0.4) is 0 Å². The number of carbonyl (C=O) groups excluding carboxylic acids is 2. The van der Waals surface area contributed by atoms with Crippen molar-refractivity contribution in [1.29, 1.82) is 0 Å². The van der Waals surface area contributed by atoms with Gasteiger partial charge in [0.2, 0.25) is 17.8 Å². The van der Waals surface area contributed by atoms with Crippen molar-refractivity contribution in [2.75, 3.05) is 41.8 Å². The largest absolute Gasteiger partial charge is 0.378 e. The number of aromatic amines is 1. The Morgan fingerprint density at radius 3 is 2.83 bits per heavy atom. The molecule has 0 radical (unpaired) electrons. The molecule has 2 aliphatic rings. The van der Waals surface area contributed by atoms with E-state index in [2.05, 4.69) is 20.6 Å². The lowest BCUT2D eigenvalue weighted by Crippen LogP contribution is -2.41. The van der Waals surface area contributed by atoms with Crippen molar-refractivity contribution in [3.8, 4) is 0 Å². The zero-order chi connectivity index (χ0) is 20.5. The number of morpholine rings is 1. The highest BCUT2D eigenvalue weighted by atomic mass is 35.5. The maximum Gasteiger partial charge on any atom is 0.258 e. The van der Waals surface area contributed by atoms with Gasteiger partial charge in [-0.3, -0.25) is 19.4 Å². The molecule has 0 bridgehead atoms. The summed E-state index contributed by atoms with van der Waals surface area (Å²) in [6.07, 6.45) is -0.139. The van der Waals surface area contributed by atoms with E-state index in [1.807, 2.05) is 4.90 Å². The molecule has 152 valence electrons. The molecule has 2 amide bonds. The van der Waals surface area contributed by atoms with Crippen LogP contribution >= 0.6 is 11.6 Å². The molecule has 9 nitrogen and oxygen atoms in total. The number of anilines is 3. The number of benzene rings is 1. The predicted molar refractivity (Wildman–Crippen MR) is 109 cm³/mol. The molecule has 1 aromatic heterocycles. The number of nitrogens with zero attached hydrogens (tertiary/aromatic N) is 2. The first-order valence-corrected chi connectivity index (χ1v) is 9.64. The minimum atomic E-state index is -0.952. The Balaban J connectivity index is 1.66. The number of carbonyl (C=O) groups is 2. The zero-order valence-electron chi connectivity index (χ0n) is 15.8. The minimum absolute atomic E-state index is 0.120. The smallest absolute Gasteiger partial charge is 0.258 e. The highest BCUT2D eigenvalue weighted by Crippen LogP contribution is 2.31. The van der Waals surface area contributed by atoms with Crippen molar-refractivity contribution in [1.82, 2.24) is 9.97 Å². The number of hydrogen-bond acceptors (Lipinski definition) is 6. The van der Waals surface area contributed by atoms with Gasteiger partial charge in [0.1, 0.15) is 5.82 Å². The van der Waals surface area contributed by atoms with Crippen LogP contribution in [0.5, 0.6) is 0 Å². The van der Waals surface area contributed by atoms with Crippen LogP contribution in [0.25, 0.3) is 0 Å². The first kappa shape index (κ1) is 19.4. The number of ether oxygens (including phenoxy) is 1. The Bertz CT molecular complexity index is 1030. The minimum Gasteiger partial charge on any atom is -0.378 e. The Morgan fingerprint density at radius 1 is 1.31 bits per heavy atom. The maximum atomic E-state index is 12.9. The Labute approximate surface area is 171 Å². The summed E-state index contributed by atoms with van der Waals surface area (Å²) in [5.41, 5.74) is 0.945. The summed E-state index contributed by atoms with van der Waals surface area (Å²) in [5, 5.41) is 5.91. The molecule has 10 heteroatoms. The Kier molecular flexibility index (Phi) is 5.25. The van der Waals surface area contributed by atoms with Crippen LogP contribution in [0.2, 0.25) is 5.02 Å². The topological polar surface area (TPSA) is 116 Å². The third-order valence-electron chi connectivity index (χ3n) is 5.09. The van der Waals surface area contributed by atoms with Crippen LogP contribution in [0.4, 0.5) is 17.5 Å². The fraction of sp³-hybridized carbons (Fsp3) is 0.368. The molecule has 3 N–H and O–H groups in total. The van der Waals surface area contributed by atoms with E-state index in [4.69, 9.17) is 16.3 Å². The number of halogens is 1. The molecule has 2 aliphatic heterocycles. The van der Waals surface area contributed by atoms with E-state index in [0.717, 1.165) is 0 Å². The third kappa shape index (κ3) is 3.83. The molecule has 1 saturated heterocycles. The van der Waals surface area contributed by atoms with Crippen LogP contribution in [0.15, 0.2) is 23.0 Å². The van der Waals surface area contributed by atoms with Gasteiger partial charge >= 0.3 is 0 Å². The number of aromatic nitrogens is 2. The Morgan fingerprint density at radius 2 is 2.07 bits per heavy atom. The second kappa shape index (κ2) is 7.84. The van der Waals surface area contributed by atoms with Gasteiger partial charge in [-0.2, -0.15) is 4.98 Å². The predicted octanol–water partition coefficient (Wildman–Crippen LogP) is 1.63. The van der Waals surface area contributed by atoms with Crippen molar-refractivity contribution in [3.63, 3.8) is 0 Å².